The van der Waals surface area contributed by atoms with Crippen molar-refractivity contribution in [2.24, 2.45) is 0 Å². The average Bonchev–Trinajstić information content (AvgIpc) is 3.63. The molecule has 2 fully saturated rings. The number of nitrogens with zero attached hydrogens (tertiary/aromatic N) is 3. The van der Waals surface area contributed by atoms with E-state index in [1.165, 1.54) is 4.90 Å². The Labute approximate surface area is 241 Å². The van der Waals surface area contributed by atoms with Crippen molar-refractivity contribution in [2.45, 2.75) is 37.9 Å². The third-order valence-corrected chi connectivity index (χ3v) is 9.24. The molecule has 10 heteroatoms. The quantitative estimate of drug-likeness (QED) is 0.284. The number of hydrogen-bond acceptors (Lipinski definition) is 7. The first kappa shape index (κ1) is 25.9. The molecule has 3 aliphatic rings. The number of aliphatic hydroxyl groups is 2. The summed E-state index contributed by atoms with van der Waals surface area (Å²) in [6.07, 6.45) is -2.98. The van der Waals surface area contributed by atoms with Crippen molar-refractivity contribution in [2.75, 3.05) is 39.4 Å². The molecule has 3 N–H and O–H groups in total. The number of ether oxygens (including phenoxy) is 2. The van der Waals surface area contributed by atoms with Gasteiger partial charge in [-0.1, -0.05) is 36.4 Å². The second kappa shape index (κ2) is 9.62. The number of morpholine rings is 1. The van der Waals surface area contributed by atoms with Gasteiger partial charge in [0.25, 0.3) is 11.8 Å². The normalized spacial score (nSPS) is 25.5. The molecule has 3 aliphatic heterocycles. The molecule has 5 heterocycles. The molecule has 8 rings (SSSR count). The lowest BCUT2D eigenvalue weighted by molar-refractivity contribution is -0.182. The predicted molar refractivity (Wildman–Crippen MR) is 158 cm³/mol. The van der Waals surface area contributed by atoms with Crippen LogP contribution in [0.5, 0.6) is 0 Å². The maximum absolute atomic E-state index is 14.3. The van der Waals surface area contributed by atoms with Crippen LogP contribution in [0, 0.1) is 0 Å². The van der Waals surface area contributed by atoms with Crippen LogP contribution in [-0.4, -0.2) is 99.1 Å². The Hall–Kier alpha value is -3.80. The van der Waals surface area contributed by atoms with Crippen LogP contribution < -0.4 is 0 Å². The highest BCUT2D eigenvalue weighted by Gasteiger charge is 2.43. The number of imide groups is 1. The standard InChI is InChI=1S/C32H32N4O6/c1-17-30(38)22(37)16-23(42-17)36-21-9-5-3-7-19(21)25-27-26(24-18-6-2-4-8-20(18)33-28(24)29(25)36)31(39)35(32(27)40)11-10-34-12-14-41-15-13-34/h2-9,17,22-23,30,33,37-38H,10-16H2,1H3. The number of carbonyl (C=O) groups is 2. The fourth-order valence-electron chi connectivity index (χ4n) is 7.16. The zero-order valence-electron chi connectivity index (χ0n) is 23.2. The van der Waals surface area contributed by atoms with Gasteiger partial charge >= 0.3 is 0 Å². The molecule has 0 radical (unpaired) electrons. The molecule has 216 valence electrons. The molecule has 0 spiro atoms. The van der Waals surface area contributed by atoms with E-state index >= 15 is 0 Å². The minimum absolute atomic E-state index is 0.177. The molecule has 0 bridgehead atoms. The van der Waals surface area contributed by atoms with Crippen LogP contribution in [0.15, 0.2) is 48.5 Å². The van der Waals surface area contributed by atoms with Gasteiger partial charge in [0.1, 0.15) is 12.3 Å². The van der Waals surface area contributed by atoms with E-state index in [-0.39, 0.29) is 18.2 Å². The zero-order chi connectivity index (χ0) is 28.7. The first-order valence-electron chi connectivity index (χ1n) is 14.6. The molecule has 0 saturated carbocycles. The van der Waals surface area contributed by atoms with Gasteiger partial charge in [-0.25, -0.2) is 0 Å². The smallest absolute Gasteiger partial charge is 0.262 e. The van der Waals surface area contributed by atoms with E-state index < -0.39 is 24.5 Å². The molecular formula is C32H32N4O6. The van der Waals surface area contributed by atoms with Gasteiger partial charge in [0.05, 0.1) is 53.1 Å². The molecule has 2 aromatic heterocycles. The van der Waals surface area contributed by atoms with E-state index in [9.17, 15) is 19.8 Å². The summed E-state index contributed by atoms with van der Waals surface area (Å²) in [5, 5.41) is 24.3. The van der Waals surface area contributed by atoms with Crippen LogP contribution in [-0.2, 0) is 9.47 Å². The van der Waals surface area contributed by atoms with Crippen molar-refractivity contribution in [1.82, 2.24) is 19.4 Å². The minimum Gasteiger partial charge on any atom is -0.390 e. The van der Waals surface area contributed by atoms with Crippen LogP contribution in [0.4, 0.5) is 0 Å². The van der Waals surface area contributed by atoms with E-state index in [0.717, 1.165) is 45.9 Å². The number of aromatic amines is 1. The number of carbonyl (C=O) groups excluding carboxylic acids is 2. The molecule has 2 saturated heterocycles. The fourth-order valence-corrected chi connectivity index (χ4v) is 7.16. The number of fused-ring (bicyclic) bond motifs is 10. The Bertz CT molecular complexity index is 1890. The van der Waals surface area contributed by atoms with E-state index in [2.05, 4.69) is 9.88 Å². The molecule has 42 heavy (non-hydrogen) atoms. The second-order valence-corrected chi connectivity index (χ2v) is 11.6. The number of amides is 2. The molecule has 10 nitrogen and oxygen atoms in total. The summed E-state index contributed by atoms with van der Waals surface area (Å²) < 4.78 is 13.8. The Morgan fingerprint density at radius 3 is 2.36 bits per heavy atom. The Morgan fingerprint density at radius 2 is 1.60 bits per heavy atom. The van der Waals surface area contributed by atoms with Gasteiger partial charge in [0.2, 0.25) is 0 Å². The van der Waals surface area contributed by atoms with Crippen molar-refractivity contribution in [1.29, 1.82) is 0 Å². The Balaban J connectivity index is 1.41. The lowest BCUT2D eigenvalue weighted by atomic mass is 9.96. The summed E-state index contributed by atoms with van der Waals surface area (Å²) in [5.74, 6) is -0.574. The summed E-state index contributed by atoms with van der Waals surface area (Å²) in [4.78, 5) is 35.7. The monoisotopic (exact) mass is 568 g/mol. The minimum atomic E-state index is -0.995. The van der Waals surface area contributed by atoms with Crippen LogP contribution in [0.3, 0.4) is 0 Å². The number of hydrogen-bond donors (Lipinski definition) is 3. The van der Waals surface area contributed by atoms with Gasteiger partial charge in [-0.05, 0) is 19.1 Å². The van der Waals surface area contributed by atoms with Gasteiger partial charge in [-0.15, -0.1) is 0 Å². The summed E-state index contributed by atoms with van der Waals surface area (Å²) in [7, 11) is 0. The van der Waals surface area contributed by atoms with E-state index in [4.69, 9.17) is 9.47 Å². The predicted octanol–water partition coefficient (Wildman–Crippen LogP) is 3.39. The van der Waals surface area contributed by atoms with Gasteiger partial charge < -0.3 is 29.2 Å². The van der Waals surface area contributed by atoms with Crippen LogP contribution in [0.2, 0.25) is 0 Å². The first-order chi connectivity index (χ1) is 20.4. The number of rotatable bonds is 4. The maximum atomic E-state index is 14.3. The lowest BCUT2D eigenvalue weighted by Gasteiger charge is -2.36. The summed E-state index contributed by atoms with van der Waals surface area (Å²) in [6, 6.07) is 15.6. The molecule has 4 unspecified atom stereocenters. The largest absolute Gasteiger partial charge is 0.390 e. The number of aliphatic hydroxyl groups excluding tert-OH is 2. The van der Waals surface area contributed by atoms with Crippen molar-refractivity contribution in [3.8, 4) is 0 Å². The molecule has 0 aliphatic carbocycles. The molecule has 3 aromatic carbocycles. The average molecular weight is 569 g/mol. The highest BCUT2D eigenvalue weighted by atomic mass is 16.5. The van der Waals surface area contributed by atoms with Crippen LogP contribution in [0.1, 0.15) is 40.3 Å². The van der Waals surface area contributed by atoms with Gasteiger partial charge in [0.15, 0.2) is 0 Å². The Morgan fingerprint density at radius 1 is 0.905 bits per heavy atom. The van der Waals surface area contributed by atoms with E-state index in [0.29, 0.717) is 48.2 Å². The maximum Gasteiger partial charge on any atom is 0.262 e. The SMILES string of the molecule is CC1OC(n2c3ccccc3c3c4c(c5c6ccccc6[nH]c5c32)C(=O)N(CCN2CCOCC2)C4=O)CC(O)C1O. The summed E-state index contributed by atoms with van der Waals surface area (Å²) >= 11 is 0. The Kier molecular flexibility index (Phi) is 5.92. The topological polar surface area (TPSA) is 120 Å². The third-order valence-electron chi connectivity index (χ3n) is 9.24. The van der Waals surface area contributed by atoms with Gasteiger partial charge in [-0.3, -0.25) is 19.4 Å². The van der Waals surface area contributed by atoms with Gasteiger partial charge in [0, 0.05) is 59.7 Å². The second-order valence-electron chi connectivity index (χ2n) is 11.6. The molecular weight excluding hydrogens is 536 g/mol. The van der Waals surface area contributed by atoms with Crippen molar-refractivity contribution < 1.29 is 29.3 Å². The van der Waals surface area contributed by atoms with Crippen LogP contribution in [0.25, 0.3) is 43.6 Å². The fraction of sp³-hybridized carbons (Fsp3) is 0.375. The van der Waals surface area contributed by atoms with Crippen molar-refractivity contribution in [3.63, 3.8) is 0 Å². The van der Waals surface area contributed by atoms with Crippen molar-refractivity contribution in [3.05, 3.63) is 59.7 Å². The number of para-hydroxylation sites is 2. The highest BCUT2D eigenvalue weighted by molar-refractivity contribution is 6.39. The van der Waals surface area contributed by atoms with Gasteiger partial charge in [-0.2, -0.15) is 0 Å². The lowest BCUT2D eigenvalue weighted by Crippen LogP contribution is -2.45. The molecule has 4 atom stereocenters. The highest BCUT2D eigenvalue weighted by Crippen LogP contribution is 2.47. The van der Waals surface area contributed by atoms with Crippen molar-refractivity contribution >= 4 is 55.4 Å². The summed E-state index contributed by atoms with van der Waals surface area (Å²) in [6.45, 7) is 5.46. The van der Waals surface area contributed by atoms with E-state index in [1.807, 2.05) is 53.1 Å². The first-order valence-corrected chi connectivity index (χ1v) is 14.6. The number of H-pyrrole nitrogens is 1. The number of nitrogens with one attached hydrogen (secondary N) is 1. The summed E-state index contributed by atoms with van der Waals surface area (Å²) in [5.41, 5.74) is 4.02. The number of aromatic nitrogens is 2. The third kappa shape index (κ3) is 3.63. The zero-order valence-corrected chi connectivity index (χ0v) is 23.2. The number of benzene rings is 3. The van der Waals surface area contributed by atoms with E-state index in [1.54, 1.807) is 6.92 Å². The molecule has 2 amide bonds. The molecule has 5 aromatic rings. The van der Waals surface area contributed by atoms with Crippen LogP contribution >= 0.6 is 0 Å².